The largest absolute Gasteiger partial charge is 0.387 e. The number of hydrogen-bond acceptors (Lipinski definition) is 2. The predicted molar refractivity (Wildman–Crippen MR) is 46.8 cm³/mol. The predicted octanol–water partition coefficient (Wildman–Crippen LogP) is 1.38. The first-order valence-electron chi connectivity index (χ1n) is 4.10. The molecular weight excluding hydrogens is 140 g/mol. The zero-order chi connectivity index (χ0) is 8.69. The quantitative estimate of drug-likeness (QED) is 0.348. The van der Waals surface area contributed by atoms with Gasteiger partial charge in [0.2, 0.25) is 0 Å². The highest BCUT2D eigenvalue weighted by atomic mass is 16.5. The van der Waals surface area contributed by atoms with E-state index in [0.717, 1.165) is 19.4 Å². The van der Waals surface area contributed by atoms with E-state index >= 15 is 0 Å². The molecule has 0 aliphatic heterocycles. The monoisotopic (exact) mass is 158 g/mol. The van der Waals surface area contributed by atoms with Crippen LogP contribution in [-0.4, -0.2) is 19.0 Å². The van der Waals surface area contributed by atoms with Crippen molar-refractivity contribution in [1.82, 2.24) is 0 Å². The third-order valence-electron chi connectivity index (χ3n) is 1.54. The fourth-order valence-electron chi connectivity index (χ4n) is 0.596. The zero-order valence-electron chi connectivity index (χ0n) is 7.39. The summed E-state index contributed by atoms with van der Waals surface area (Å²) >= 11 is 0. The van der Waals surface area contributed by atoms with E-state index in [1.807, 2.05) is 6.92 Å². The molecule has 0 rings (SSSR count). The molecule has 66 valence electrons. The molecule has 11 heavy (non-hydrogen) atoms. The second-order valence-corrected chi connectivity index (χ2v) is 2.78. The van der Waals surface area contributed by atoms with Gasteiger partial charge in [-0.1, -0.05) is 20.3 Å². The molecule has 0 bridgehead atoms. The Balaban J connectivity index is 3.17. The van der Waals surface area contributed by atoms with Crippen LogP contribution >= 0.6 is 0 Å². The van der Waals surface area contributed by atoms with Gasteiger partial charge in [-0.15, -0.1) is 0 Å². The van der Waals surface area contributed by atoms with Crippen LogP contribution in [0.5, 0.6) is 0 Å². The van der Waals surface area contributed by atoms with E-state index in [9.17, 15) is 0 Å². The lowest BCUT2D eigenvalue weighted by Crippen LogP contribution is -2.24. The van der Waals surface area contributed by atoms with Crippen LogP contribution in [0, 0.1) is 11.3 Å². The molecule has 3 N–H and O–H groups in total. The minimum Gasteiger partial charge on any atom is -0.387 e. The Bertz CT molecular complexity index is 115. The minimum atomic E-state index is 0.0619. The van der Waals surface area contributed by atoms with Crippen LogP contribution in [-0.2, 0) is 4.74 Å². The van der Waals surface area contributed by atoms with Crippen molar-refractivity contribution in [2.45, 2.75) is 26.7 Å². The number of unbranched alkanes of at least 4 members (excludes halogenated alkanes) is 1. The molecular formula is C8H18N2O. The molecule has 0 fully saturated rings. The summed E-state index contributed by atoms with van der Waals surface area (Å²) in [6, 6.07) is 0. The summed E-state index contributed by atoms with van der Waals surface area (Å²) < 4.78 is 5.28. The first-order chi connectivity index (χ1) is 5.18. The number of rotatable bonds is 6. The van der Waals surface area contributed by atoms with Crippen molar-refractivity contribution in [1.29, 1.82) is 5.41 Å². The Morgan fingerprint density at radius 1 is 1.64 bits per heavy atom. The molecule has 0 radical (unpaired) electrons. The maximum Gasteiger partial charge on any atom is 0.0957 e. The van der Waals surface area contributed by atoms with Crippen LogP contribution in [0.2, 0.25) is 0 Å². The summed E-state index contributed by atoms with van der Waals surface area (Å²) in [7, 11) is 0. The molecule has 0 heterocycles. The highest BCUT2D eigenvalue weighted by Gasteiger charge is 2.03. The normalized spacial score (nSPS) is 12.9. The molecule has 0 saturated heterocycles. The Labute approximate surface area is 68.4 Å². The van der Waals surface area contributed by atoms with Gasteiger partial charge in [0.05, 0.1) is 12.4 Å². The lowest BCUT2D eigenvalue weighted by Gasteiger charge is -2.09. The molecule has 0 saturated carbocycles. The SMILES string of the molecule is CCCCOCC(C)C(=N)N. The Hall–Kier alpha value is -0.570. The van der Waals surface area contributed by atoms with Gasteiger partial charge >= 0.3 is 0 Å². The number of ether oxygens (including phenoxy) is 1. The second-order valence-electron chi connectivity index (χ2n) is 2.78. The van der Waals surface area contributed by atoms with E-state index in [0.29, 0.717) is 6.61 Å². The summed E-state index contributed by atoms with van der Waals surface area (Å²) in [6.07, 6.45) is 2.24. The minimum absolute atomic E-state index is 0.0619. The van der Waals surface area contributed by atoms with Gasteiger partial charge in [-0.3, -0.25) is 5.41 Å². The molecule has 0 aliphatic carbocycles. The summed E-state index contributed by atoms with van der Waals surface area (Å²) in [4.78, 5) is 0. The Morgan fingerprint density at radius 3 is 2.73 bits per heavy atom. The van der Waals surface area contributed by atoms with Crippen LogP contribution in [0.15, 0.2) is 0 Å². The average molecular weight is 158 g/mol. The van der Waals surface area contributed by atoms with Crippen molar-refractivity contribution in [2.75, 3.05) is 13.2 Å². The highest BCUT2D eigenvalue weighted by molar-refractivity contribution is 5.79. The molecule has 0 aromatic rings. The fraction of sp³-hybridized carbons (Fsp3) is 0.875. The second kappa shape index (κ2) is 6.16. The van der Waals surface area contributed by atoms with Crippen molar-refractivity contribution in [3.63, 3.8) is 0 Å². The standard InChI is InChI=1S/C8H18N2O/c1-3-4-5-11-6-7(2)8(9)10/h7H,3-6H2,1-2H3,(H3,9,10). The molecule has 1 atom stereocenters. The fourth-order valence-corrected chi connectivity index (χ4v) is 0.596. The van der Waals surface area contributed by atoms with Gasteiger partial charge in [0, 0.05) is 12.5 Å². The van der Waals surface area contributed by atoms with E-state index in [1.54, 1.807) is 0 Å². The van der Waals surface area contributed by atoms with Gasteiger partial charge in [0.25, 0.3) is 0 Å². The number of nitrogens with one attached hydrogen (secondary N) is 1. The molecule has 0 aromatic heterocycles. The van der Waals surface area contributed by atoms with Crippen molar-refractivity contribution >= 4 is 5.84 Å². The van der Waals surface area contributed by atoms with E-state index in [-0.39, 0.29) is 11.8 Å². The average Bonchev–Trinajstić information content (AvgIpc) is 1.97. The van der Waals surface area contributed by atoms with Crippen molar-refractivity contribution in [3.05, 3.63) is 0 Å². The lowest BCUT2D eigenvalue weighted by atomic mass is 10.2. The van der Waals surface area contributed by atoms with Crippen molar-refractivity contribution in [3.8, 4) is 0 Å². The zero-order valence-corrected chi connectivity index (χ0v) is 7.39. The van der Waals surface area contributed by atoms with Crippen LogP contribution in [0.4, 0.5) is 0 Å². The first-order valence-corrected chi connectivity index (χ1v) is 4.10. The van der Waals surface area contributed by atoms with Crippen molar-refractivity contribution in [2.24, 2.45) is 11.7 Å². The number of nitrogens with two attached hydrogens (primary N) is 1. The third-order valence-corrected chi connectivity index (χ3v) is 1.54. The van der Waals surface area contributed by atoms with E-state index in [2.05, 4.69) is 6.92 Å². The lowest BCUT2D eigenvalue weighted by molar-refractivity contribution is 0.118. The van der Waals surface area contributed by atoms with Gasteiger partial charge in [-0.2, -0.15) is 0 Å². The first kappa shape index (κ1) is 10.4. The van der Waals surface area contributed by atoms with E-state index < -0.39 is 0 Å². The number of amidine groups is 1. The molecule has 0 amide bonds. The number of hydrogen-bond donors (Lipinski definition) is 2. The van der Waals surface area contributed by atoms with Gasteiger partial charge in [-0.25, -0.2) is 0 Å². The summed E-state index contributed by atoms with van der Waals surface area (Å²) in [6.45, 7) is 5.38. The van der Waals surface area contributed by atoms with Gasteiger partial charge in [-0.05, 0) is 6.42 Å². The smallest absolute Gasteiger partial charge is 0.0957 e. The summed E-state index contributed by atoms with van der Waals surface area (Å²) in [5.74, 6) is 0.272. The highest BCUT2D eigenvalue weighted by Crippen LogP contribution is 1.96. The van der Waals surface area contributed by atoms with Gasteiger partial charge < -0.3 is 10.5 Å². The van der Waals surface area contributed by atoms with Crippen LogP contribution in [0.3, 0.4) is 0 Å². The maximum atomic E-state index is 7.08. The molecule has 3 nitrogen and oxygen atoms in total. The van der Waals surface area contributed by atoms with E-state index in [1.165, 1.54) is 0 Å². The topological polar surface area (TPSA) is 59.1 Å². The molecule has 0 aliphatic rings. The molecule has 1 unspecified atom stereocenters. The Morgan fingerprint density at radius 2 is 2.27 bits per heavy atom. The van der Waals surface area contributed by atoms with Crippen LogP contribution in [0.25, 0.3) is 0 Å². The van der Waals surface area contributed by atoms with Gasteiger partial charge in [0.1, 0.15) is 0 Å². The van der Waals surface area contributed by atoms with Crippen LogP contribution < -0.4 is 5.73 Å². The van der Waals surface area contributed by atoms with Crippen molar-refractivity contribution < 1.29 is 4.74 Å². The summed E-state index contributed by atoms with van der Waals surface area (Å²) in [5, 5.41) is 7.08. The van der Waals surface area contributed by atoms with E-state index in [4.69, 9.17) is 15.9 Å². The molecule has 0 spiro atoms. The maximum absolute atomic E-state index is 7.08. The Kier molecular flexibility index (Phi) is 5.84. The van der Waals surface area contributed by atoms with Gasteiger partial charge in [0.15, 0.2) is 0 Å². The van der Waals surface area contributed by atoms with Crippen LogP contribution in [0.1, 0.15) is 26.7 Å². The summed E-state index contributed by atoms with van der Waals surface area (Å²) in [5.41, 5.74) is 5.25. The molecule has 0 aromatic carbocycles. The molecule has 3 heteroatoms. The third kappa shape index (κ3) is 5.85.